The maximum absolute atomic E-state index is 9.61. The van der Waals surface area contributed by atoms with Crippen LogP contribution in [-0.2, 0) is 0 Å². The van der Waals surface area contributed by atoms with Crippen LogP contribution < -0.4 is 0 Å². The minimum atomic E-state index is -0.139. The van der Waals surface area contributed by atoms with Crippen LogP contribution in [0.2, 0.25) is 0 Å². The quantitative estimate of drug-likeness (QED) is 0.705. The molecular formula is C11H22O2. The molecule has 3 unspecified atom stereocenters. The fourth-order valence-corrected chi connectivity index (χ4v) is 2.31. The molecule has 0 aromatic carbocycles. The van der Waals surface area contributed by atoms with Crippen LogP contribution in [-0.4, -0.2) is 22.4 Å². The first-order valence-corrected chi connectivity index (χ1v) is 5.58. The lowest BCUT2D eigenvalue weighted by atomic mass is 9.83. The molecule has 2 heteroatoms. The van der Waals surface area contributed by atoms with Gasteiger partial charge in [0.15, 0.2) is 0 Å². The second-order valence-electron chi connectivity index (χ2n) is 4.36. The highest BCUT2D eigenvalue weighted by Gasteiger charge is 2.21. The van der Waals surface area contributed by atoms with Gasteiger partial charge >= 0.3 is 0 Å². The summed E-state index contributed by atoms with van der Waals surface area (Å²) in [4.78, 5) is 0. The average Bonchev–Trinajstić information content (AvgIpc) is 2.04. The van der Waals surface area contributed by atoms with E-state index >= 15 is 0 Å². The van der Waals surface area contributed by atoms with Crippen LogP contribution in [0.25, 0.3) is 0 Å². The third-order valence-electron chi connectivity index (χ3n) is 2.98. The maximum Gasteiger partial charge on any atom is 0.0543 e. The van der Waals surface area contributed by atoms with Gasteiger partial charge in [-0.1, -0.05) is 26.2 Å². The predicted molar refractivity (Wildman–Crippen MR) is 53.5 cm³/mol. The van der Waals surface area contributed by atoms with Crippen LogP contribution in [0.4, 0.5) is 0 Å². The summed E-state index contributed by atoms with van der Waals surface area (Å²) in [5.74, 6) is 0.560. The van der Waals surface area contributed by atoms with Gasteiger partial charge in [0, 0.05) is 0 Å². The zero-order valence-corrected chi connectivity index (χ0v) is 8.58. The van der Waals surface area contributed by atoms with Gasteiger partial charge < -0.3 is 10.2 Å². The molecule has 0 saturated heterocycles. The highest BCUT2D eigenvalue weighted by molar-refractivity contribution is 4.74. The van der Waals surface area contributed by atoms with Crippen molar-refractivity contribution >= 4 is 0 Å². The van der Waals surface area contributed by atoms with Gasteiger partial charge in [0.05, 0.1) is 12.2 Å². The largest absolute Gasteiger partial charge is 0.393 e. The first-order chi connectivity index (χ1) is 6.22. The molecule has 1 aliphatic rings. The Balaban J connectivity index is 2.19. The van der Waals surface area contributed by atoms with Crippen molar-refractivity contribution in [3.05, 3.63) is 0 Å². The van der Waals surface area contributed by atoms with E-state index in [9.17, 15) is 10.2 Å². The molecule has 2 N–H and O–H groups in total. The lowest BCUT2D eigenvalue weighted by Crippen LogP contribution is -2.23. The number of rotatable bonds is 4. The van der Waals surface area contributed by atoms with E-state index < -0.39 is 0 Å². The van der Waals surface area contributed by atoms with E-state index in [4.69, 9.17) is 0 Å². The molecule has 0 radical (unpaired) electrons. The summed E-state index contributed by atoms with van der Waals surface area (Å²) in [6, 6.07) is 0. The van der Waals surface area contributed by atoms with Gasteiger partial charge in [-0.15, -0.1) is 0 Å². The summed E-state index contributed by atoms with van der Waals surface area (Å²) in [6.07, 6.45) is 6.80. The smallest absolute Gasteiger partial charge is 0.0543 e. The summed E-state index contributed by atoms with van der Waals surface area (Å²) >= 11 is 0. The Morgan fingerprint density at radius 1 is 1.38 bits per heavy atom. The molecule has 1 rings (SSSR count). The van der Waals surface area contributed by atoms with Crippen LogP contribution in [0.5, 0.6) is 0 Å². The van der Waals surface area contributed by atoms with Crippen molar-refractivity contribution in [1.29, 1.82) is 0 Å². The molecule has 78 valence electrons. The van der Waals surface area contributed by atoms with Gasteiger partial charge in [-0.2, -0.15) is 0 Å². The minimum Gasteiger partial charge on any atom is -0.393 e. The third-order valence-corrected chi connectivity index (χ3v) is 2.98. The van der Waals surface area contributed by atoms with Crippen molar-refractivity contribution < 1.29 is 10.2 Å². The topological polar surface area (TPSA) is 40.5 Å². The Kier molecular flexibility index (Phi) is 4.74. The van der Waals surface area contributed by atoms with Crippen molar-refractivity contribution in [3.8, 4) is 0 Å². The number of hydrogen-bond donors (Lipinski definition) is 2. The molecule has 0 amide bonds. The van der Waals surface area contributed by atoms with Gasteiger partial charge in [-0.25, -0.2) is 0 Å². The number of hydrogen-bond acceptors (Lipinski definition) is 2. The molecule has 0 aromatic rings. The Morgan fingerprint density at radius 3 is 2.77 bits per heavy atom. The zero-order valence-electron chi connectivity index (χ0n) is 8.58. The molecule has 0 spiro atoms. The molecule has 0 bridgehead atoms. The van der Waals surface area contributed by atoms with E-state index in [0.29, 0.717) is 5.92 Å². The molecule has 1 aliphatic carbocycles. The van der Waals surface area contributed by atoms with Crippen molar-refractivity contribution in [3.63, 3.8) is 0 Å². The van der Waals surface area contributed by atoms with Crippen molar-refractivity contribution in [2.75, 3.05) is 0 Å². The van der Waals surface area contributed by atoms with E-state index in [1.54, 1.807) is 0 Å². The minimum absolute atomic E-state index is 0.104. The normalized spacial score (nSPS) is 31.6. The summed E-state index contributed by atoms with van der Waals surface area (Å²) < 4.78 is 0. The average molecular weight is 186 g/mol. The summed E-state index contributed by atoms with van der Waals surface area (Å²) in [6.45, 7) is 2.10. The Hall–Kier alpha value is -0.0800. The maximum atomic E-state index is 9.61. The van der Waals surface area contributed by atoms with Crippen LogP contribution in [0.3, 0.4) is 0 Å². The van der Waals surface area contributed by atoms with Gasteiger partial charge in [0.25, 0.3) is 0 Å². The SMILES string of the molecule is CCCC(O)CC1CCCC(O)C1. The van der Waals surface area contributed by atoms with Gasteiger partial charge in [0.1, 0.15) is 0 Å². The first-order valence-electron chi connectivity index (χ1n) is 5.58. The van der Waals surface area contributed by atoms with Crippen LogP contribution in [0.1, 0.15) is 51.9 Å². The Bertz CT molecular complexity index is 136. The Labute approximate surface area is 81.0 Å². The molecule has 2 nitrogen and oxygen atoms in total. The number of aliphatic hydroxyl groups is 2. The molecular weight excluding hydrogens is 164 g/mol. The second kappa shape index (κ2) is 5.61. The molecule has 0 aliphatic heterocycles. The second-order valence-corrected chi connectivity index (χ2v) is 4.36. The van der Waals surface area contributed by atoms with Gasteiger partial charge in [0.2, 0.25) is 0 Å². The van der Waals surface area contributed by atoms with Crippen molar-refractivity contribution in [1.82, 2.24) is 0 Å². The van der Waals surface area contributed by atoms with Crippen LogP contribution in [0, 0.1) is 5.92 Å². The highest BCUT2D eigenvalue weighted by atomic mass is 16.3. The van der Waals surface area contributed by atoms with Crippen molar-refractivity contribution in [2.24, 2.45) is 5.92 Å². The molecule has 13 heavy (non-hydrogen) atoms. The summed E-state index contributed by atoms with van der Waals surface area (Å²) in [5, 5.41) is 19.0. The van der Waals surface area contributed by atoms with E-state index in [-0.39, 0.29) is 12.2 Å². The predicted octanol–water partition coefficient (Wildman–Crippen LogP) is 2.09. The summed E-state index contributed by atoms with van der Waals surface area (Å²) in [7, 11) is 0. The molecule has 0 aromatic heterocycles. The Morgan fingerprint density at radius 2 is 2.15 bits per heavy atom. The monoisotopic (exact) mass is 186 g/mol. The third kappa shape index (κ3) is 4.10. The lowest BCUT2D eigenvalue weighted by molar-refractivity contribution is 0.0676. The molecule has 1 saturated carbocycles. The fraction of sp³-hybridized carbons (Fsp3) is 1.00. The van der Waals surface area contributed by atoms with Crippen LogP contribution in [0.15, 0.2) is 0 Å². The van der Waals surface area contributed by atoms with E-state index in [2.05, 4.69) is 6.92 Å². The van der Waals surface area contributed by atoms with Gasteiger partial charge in [-0.3, -0.25) is 0 Å². The molecule has 1 fully saturated rings. The highest BCUT2D eigenvalue weighted by Crippen LogP contribution is 2.28. The van der Waals surface area contributed by atoms with Crippen molar-refractivity contribution in [2.45, 2.75) is 64.1 Å². The zero-order chi connectivity index (χ0) is 9.68. The van der Waals surface area contributed by atoms with Gasteiger partial charge in [-0.05, 0) is 31.6 Å². The van der Waals surface area contributed by atoms with E-state index in [0.717, 1.165) is 38.5 Å². The van der Waals surface area contributed by atoms with Crippen LogP contribution >= 0.6 is 0 Å². The molecule has 0 heterocycles. The fourth-order valence-electron chi connectivity index (χ4n) is 2.31. The first kappa shape index (κ1) is 11.0. The lowest BCUT2D eigenvalue weighted by Gasteiger charge is -2.27. The van der Waals surface area contributed by atoms with E-state index in [1.165, 1.54) is 6.42 Å². The number of aliphatic hydroxyl groups excluding tert-OH is 2. The standard InChI is InChI=1S/C11H22O2/c1-2-4-10(12)7-9-5-3-6-11(13)8-9/h9-13H,2-8H2,1H3. The van der Waals surface area contributed by atoms with E-state index in [1.807, 2.05) is 0 Å². The molecule has 3 atom stereocenters. The summed E-state index contributed by atoms with van der Waals surface area (Å²) in [5.41, 5.74) is 0.